The zero-order chi connectivity index (χ0) is 19.6. The fourth-order valence-corrected chi connectivity index (χ4v) is 2.51. The van der Waals surface area contributed by atoms with Gasteiger partial charge in [-0.2, -0.15) is 0 Å². The SMILES string of the molecule is CCOc1cccc(C(=O)NNC(=O)COc2ccccc2[C@H](C)CC)c1. The van der Waals surface area contributed by atoms with E-state index in [-0.39, 0.29) is 6.61 Å². The predicted molar refractivity (Wildman–Crippen MR) is 104 cm³/mol. The number of hydrogen-bond acceptors (Lipinski definition) is 4. The average Bonchev–Trinajstić information content (AvgIpc) is 2.70. The second-order valence-electron chi connectivity index (χ2n) is 6.10. The van der Waals surface area contributed by atoms with Crippen LogP contribution in [-0.4, -0.2) is 25.0 Å². The highest BCUT2D eigenvalue weighted by molar-refractivity contribution is 5.95. The quantitative estimate of drug-likeness (QED) is 0.698. The number of amides is 2. The highest BCUT2D eigenvalue weighted by atomic mass is 16.5. The summed E-state index contributed by atoms with van der Waals surface area (Å²) in [5.41, 5.74) is 6.19. The van der Waals surface area contributed by atoms with Gasteiger partial charge in [0.1, 0.15) is 11.5 Å². The minimum absolute atomic E-state index is 0.188. The molecule has 0 saturated carbocycles. The zero-order valence-electron chi connectivity index (χ0n) is 16.0. The van der Waals surface area contributed by atoms with E-state index in [2.05, 4.69) is 24.7 Å². The van der Waals surface area contributed by atoms with Crippen molar-refractivity contribution in [3.05, 3.63) is 59.7 Å². The van der Waals surface area contributed by atoms with Gasteiger partial charge in [-0.1, -0.05) is 38.1 Å². The summed E-state index contributed by atoms with van der Waals surface area (Å²) in [4.78, 5) is 24.1. The van der Waals surface area contributed by atoms with E-state index in [4.69, 9.17) is 9.47 Å². The molecule has 0 unspecified atom stereocenters. The van der Waals surface area contributed by atoms with Gasteiger partial charge < -0.3 is 9.47 Å². The Balaban J connectivity index is 1.86. The van der Waals surface area contributed by atoms with Crippen LogP contribution < -0.4 is 20.3 Å². The van der Waals surface area contributed by atoms with Crippen molar-refractivity contribution in [3.63, 3.8) is 0 Å². The van der Waals surface area contributed by atoms with Gasteiger partial charge >= 0.3 is 0 Å². The molecule has 0 radical (unpaired) electrons. The monoisotopic (exact) mass is 370 g/mol. The summed E-state index contributed by atoms with van der Waals surface area (Å²) in [5.74, 6) is 0.744. The Morgan fingerprint density at radius 3 is 2.52 bits per heavy atom. The van der Waals surface area contributed by atoms with Crippen LogP contribution in [0.15, 0.2) is 48.5 Å². The average molecular weight is 370 g/mol. The Morgan fingerprint density at radius 1 is 1.00 bits per heavy atom. The third-order valence-electron chi connectivity index (χ3n) is 4.14. The molecule has 2 amide bonds. The van der Waals surface area contributed by atoms with Crippen molar-refractivity contribution in [1.82, 2.24) is 10.9 Å². The van der Waals surface area contributed by atoms with Gasteiger partial charge in [0.2, 0.25) is 0 Å². The first-order chi connectivity index (χ1) is 13.0. The summed E-state index contributed by atoms with van der Waals surface area (Å²) in [6.45, 7) is 6.40. The van der Waals surface area contributed by atoms with Crippen molar-refractivity contribution < 1.29 is 19.1 Å². The summed E-state index contributed by atoms with van der Waals surface area (Å²) >= 11 is 0. The van der Waals surface area contributed by atoms with Gasteiger partial charge in [0.25, 0.3) is 11.8 Å². The normalized spacial score (nSPS) is 11.4. The lowest BCUT2D eigenvalue weighted by Gasteiger charge is -2.15. The molecule has 2 aromatic rings. The highest BCUT2D eigenvalue weighted by Crippen LogP contribution is 2.28. The van der Waals surface area contributed by atoms with Crippen molar-refractivity contribution in [2.45, 2.75) is 33.1 Å². The standard InChI is InChI=1S/C21H26N2O4/c1-4-15(3)18-11-6-7-12-19(18)27-14-20(24)22-23-21(25)16-9-8-10-17(13-16)26-5-2/h6-13,15H,4-5,14H2,1-3H3,(H,22,24)(H,23,25)/t15-/m1/s1. The van der Waals surface area contributed by atoms with Crippen LogP contribution in [0.5, 0.6) is 11.5 Å². The molecule has 0 aliphatic heterocycles. The van der Waals surface area contributed by atoms with Crippen LogP contribution in [0.3, 0.4) is 0 Å². The predicted octanol–water partition coefficient (Wildman–Crippen LogP) is 3.44. The Morgan fingerprint density at radius 2 is 1.78 bits per heavy atom. The third kappa shape index (κ3) is 6.02. The second kappa shape index (κ2) is 10.2. The van der Waals surface area contributed by atoms with Crippen LogP contribution in [-0.2, 0) is 4.79 Å². The topological polar surface area (TPSA) is 76.7 Å². The molecule has 144 valence electrons. The van der Waals surface area contributed by atoms with E-state index >= 15 is 0 Å². The van der Waals surface area contributed by atoms with E-state index in [9.17, 15) is 9.59 Å². The van der Waals surface area contributed by atoms with Crippen molar-refractivity contribution in [2.24, 2.45) is 0 Å². The van der Waals surface area contributed by atoms with Crippen LogP contribution in [0, 0.1) is 0 Å². The van der Waals surface area contributed by atoms with Gasteiger partial charge in [-0.3, -0.25) is 20.4 Å². The van der Waals surface area contributed by atoms with Crippen LogP contribution in [0.25, 0.3) is 0 Å². The highest BCUT2D eigenvalue weighted by Gasteiger charge is 2.12. The molecular weight excluding hydrogens is 344 g/mol. The van der Waals surface area contributed by atoms with E-state index in [1.54, 1.807) is 24.3 Å². The van der Waals surface area contributed by atoms with Crippen molar-refractivity contribution in [1.29, 1.82) is 0 Å². The molecule has 2 aromatic carbocycles. The van der Waals surface area contributed by atoms with Gasteiger partial charge in [-0.25, -0.2) is 0 Å². The van der Waals surface area contributed by atoms with E-state index in [1.165, 1.54) is 0 Å². The van der Waals surface area contributed by atoms with E-state index in [0.717, 1.165) is 12.0 Å². The van der Waals surface area contributed by atoms with Gasteiger partial charge in [0.15, 0.2) is 6.61 Å². The first kappa shape index (κ1) is 20.3. The molecule has 0 aliphatic rings. The fourth-order valence-electron chi connectivity index (χ4n) is 2.51. The van der Waals surface area contributed by atoms with Gasteiger partial charge in [0, 0.05) is 5.56 Å². The summed E-state index contributed by atoms with van der Waals surface area (Å²) in [6.07, 6.45) is 0.976. The number of hydrogen-bond donors (Lipinski definition) is 2. The number of para-hydroxylation sites is 1. The molecule has 0 spiro atoms. The molecule has 0 saturated heterocycles. The molecule has 0 fully saturated rings. The lowest BCUT2D eigenvalue weighted by molar-refractivity contribution is -0.123. The number of carbonyl (C=O) groups is 2. The summed E-state index contributed by atoms with van der Waals surface area (Å²) in [5, 5.41) is 0. The molecule has 27 heavy (non-hydrogen) atoms. The minimum atomic E-state index is -0.441. The summed E-state index contributed by atoms with van der Waals surface area (Å²) < 4.78 is 11.0. The van der Waals surface area contributed by atoms with E-state index in [1.807, 2.05) is 31.2 Å². The van der Waals surface area contributed by atoms with Gasteiger partial charge in [-0.15, -0.1) is 0 Å². The Bertz CT molecular complexity index is 776. The molecule has 6 nitrogen and oxygen atoms in total. The maximum Gasteiger partial charge on any atom is 0.276 e. The second-order valence-corrected chi connectivity index (χ2v) is 6.10. The van der Waals surface area contributed by atoms with Crippen LogP contribution >= 0.6 is 0 Å². The van der Waals surface area contributed by atoms with Crippen molar-refractivity contribution in [3.8, 4) is 11.5 Å². The molecule has 0 aliphatic carbocycles. The number of hydrazine groups is 1. The lowest BCUT2D eigenvalue weighted by Crippen LogP contribution is -2.43. The number of rotatable bonds is 8. The minimum Gasteiger partial charge on any atom is -0.494 e. The molecule has 6 heteroatoms. The van der Waals surface area contributed by atoms with Gasteiger partial charge in [0.05, 0.1) is 6.61 Å². The van der Waals surface area contributed by atoms with Gasteiger partial charge in [-0.05, 0) is 49.1 Å². The molecular formula is C21H26N2O4. The first-order valence-corrected chi connectivity index (χ1v) is 9.08. The number of carbonyl (C=O) groups excluding carboxylic acids is 2. The third-order valence-corrected chi connectivity index (χ3v) is 4.14. The summed E-state index contributed by atoms with van der Waals surface area (Å²) in [7, 11) is 0. The largest absolute Gasteiger partial charge is 0.494 e. The van der Waals surface area contributed by atoms with E-state index in [0.29, 0.717) is 29.6 Å². The Hall–Kier alpha value is -3.02. The molecule has 0 aromatic heterocycles. The van der Waals surface area contributed by atoms with Crippen LogP contribution in [0.4, 0.5) is 0 Å². The van der Waals surface area contributed by atoms with Crippen LogP contribution in [0.1, 0.15) is 49.0 Å². The molecule has 2 rings (SSSR count). The number of ether oxygens (including phenoxy) is 2. The van der Waals surface area contributed by atoms with E-state index < -0.39 is 11.8 Å². The Labute approximate surface area is 159 Å². The molecule has 0 heterocycles. The smallest absolute Gasteiger partial charge is 0.276 e. The molecule has 2 N–H and O–H groups in total. The zero-order valence-corrected chi connectivity index (χ0v) is 16.0. The fraction of sp³-hybridized carbons (Fsp3) is 0.333. The maximum absolute atomic E-state index is 12.1. The van der Waals surface area contributed by atoms with Crippen LogP contribution in [0.2, 0.25) is 0 Å². The summed E-state index contributed by atoms with van der Waals surface area (Å²) in [6, 6.07) is 14.4. The Kier molecular flexibility index (Phi) is 7.67. The maximum atomic E-state index is 12.1. The number of benzene rings is 2. The lowest BCUT2D eigenvalue weighted by atomic mass is 9.98. The molecule has 1 atom stereocenters. The molecule has 0 bridgehead atoms. The van der Waals surface area contributed by atoms with Crippen molar-refractivity contribution in [2.75, 3.05) is 13.2 Å². The van der Waals surface area contributed by atoms with Crippen molar-refractivity contribution >= 4 is 11.8 Å². The first-order valence-electron chi connectivity index (χ1n) is 9.08. The number of nitrogens with one attached hydrogen (secondary N) is 2.